The minimum atomic E-state index is 0.0662. The van der Waals surface area contributed by atoms with Crippen LogP contribution in [-0.4, -0.2) is 60.9 Å². The van der Waals surface area contributed by atoms with Gasteiger partial charge in [0.2, 0.25) is 5.91 Å². The SMILES string of the molecule is CCOc1ccccc1N1CCN(C(=O)c2ccc(CN3CCCC3=O)cc2)CC1. The summed E-state index contributed by atoms with van der Waals surface area (Å²) in [6, 6.07) is 15.8. The molecule has 0 bridgehead atoms. The normalized spacial score (nSPS) is 16.8. The minimum Gasteiger partial charge on any atom is -0.492 e. The minimum absolute atomic E-state index is 0.0662. The number of amides is 2. The molecule has 6 nitrogen and oxygen atoms in total. The number of hydrogen-bond donors (Lipinski definition) is 0. The maximum atomic E-state index is 12.9. The quantitative estimate of drug-likeness (QED) is 0.738. The first kappa shape index (κ1) is 20.3. The number of nitrogens with zero attached hydrogens (tertiary/aromatic N) is 3. The molecular formula is C24H29N3O3. The fourth-order valence-corrected chi connectivity index (χ4v) is 4.17. The van der Waals surface area contributed by atoms with Gasteiger partial charge in [0.15, 0.2) is 0 Å². The van der Waals surface area contributed by atoms with Gasteiger partial charge in [-0.25, -0.2) is 0 Å². The summed E-state index contributed by atoms with van der Waals surface area (Å²) >= 11 is 0. The highest BCUT2D eigenvalue weighted by atomic mass is 16.5. The Hall–Kier alpha value is -3.02. The van der Waals surface area contributed by atoms with Crippen LogP contribution in [0.25, 0.3) is 0 Å². The molecule has 0 saturated carbocycles. The smallest absolute Gasteiger partial charge is 0.253 e. The second kappa shape index (κ2) is 9.20. The van der Waals surface area contributed by atoms with Gasteiger partial charge < -0.3 is 19.4 Å². The maximum absolute atomic E-state index is 12.9. The van der Waals surface area contributed by atoms with Crippen molar-refractivity contribution in [3.63, 3.8) is 0 Å². The first-order valence-corrected chi connectivity index (χ1v) is 10.8. The average molecular weight is 408 g/mol. The highest BCUT2D eigenvalue weighted by Gasteiger charge is 2.24. The Kier molecular flexibility index (Phi) is 6.21. The molecule has 2 fully saturated rings. The molecule has 0 radical (unpaired) electrons. The van der Waals surface area contributed by atoms with Crippen molar-refractivity contribution < 1.29 is 14.3 Å². The van der Waals surface area contributed by atoms with Crippen molar-refractivity contribution in [1.82, 2.24) is 9.80 Å². The number of rotatable bonds is 6. The number of piperazine rings is 1. The molecular weight excluding hydrogens is 378 g/mol. The van der Waals surface area contributed by atoms with E-state index in [-0.39, 0.29) is 11.8 Å². The summed E-state index contributed by atoms with van der Waals surface area (Å²) in [6.45, 7) is 7.02. The molecule has 0 spiro atoms. The van der Waals surface area contributed by atoms with Crippen molar-refractivity contribution in [3.05, 3.63) is 59.7 Å². The first-order chi connectivity index (χ1) is 14.7. The Morgan fingerprint density at radius 3 is 2.37 bits per heavy atom. The van der Waals surface area contributed by atoms with Gasteiger partial charge in [0.05, 0.1) is 12.3 Å². The topological polar surface area (TPSA) is 53.1 Å². The van der Waals surface area contributed by atoms with Crippen molar-refractivity contribution >= 4 is 17.5 Å². The van der Waals surface area contributed by atoms with E-state index in [1.807, 2.05) is 59.2 Å². The molecule has 158 valence electrons. The lowest BCUT2D eigenvalue weighted by Crippen LogP contribution is -2.48. The standard InChI is InChI=1S/C24H29N3O3/c1-2-30-22-7-4-3-6-21(22)25-14-16-26(17-15-25)24(29)20-11-9-19(10-12-20)18-27-13-5-8-23(27)28/h3-4,6-7,9-12H,2,5,8,13-18H2,1H3. The van der Waals surface area contributed by atoms with Crippen molar-refractivity contribution in [2.45, 2.75) is 26.3 Å². The Bertz CT molecular complexity index is 889. The largest absolute Gasteiger partial charge is 0.492 e. The van der Waals surface area contributed by atoms with Gasteiger partial charge in [-0.2, -0.15) is 0 Å². The molecule has 6 heteroatoms. The van der Waals surface area contributed by atoms with E-state index >= 15 is 0 Å². The van der Waals surface area contributed by atoms with Crippen LogP contribution in [0.5, 0.6) is 5.75 Å². The molecule has 2 amide bonds. The summed E-state index contributed by atoms with van der Waals surface area (Å²) in [5.74, 6) is 1.18. The van der Waals surface area contributed by atoms with Crippen LogP contribution in [0.3, 0.4) is 0 Å². The number of likely N-dealkylation sites (tertiary alicyclic amines) is 1. The second-order valence-corrected chi connectivity index (χ2v) is 7.80. The van der Waals surface area contributed by atoms with Crippen molar-refractivity contribution in [2.75, 3.05) is 44.2 Å². The van der Waals surface area contributed by atoms with Gasteiger partial charge in [0, 0.05) is 51.3 Å². The lowest BCUT2D eigenvalue weighted by atomic mass is 10.1. The Balaban J connectivity index is 1.35. The van der Waals surface area contributed by atoms with Crippen LogP contribution in [0.1, 0.15) is 35.7 Å². The molecule has 0 atom stereocenters. The molecule has 0 aromatic heterocycles. The highest BCUT2D eigenvalue weighted by molar-refractivity contribution is 5.94. The zero-order chi connectivity index (χ0) is 20.9. The highest BCUT2D eigenvalue weighted by Crippen LogP contribution is 2.29. The molecule has 0 aliphatic carbocycles. The molecule has 4 rings (SSSR count). The van der Waals surface area contributed by atoms with E-state index in [1.54, 1.807) is 0 Å². The van der Waals surface area contributed by atoms with E-state index in [0.29, 0.717) is 38.2 Å². The van der Waals surface area contributed by atoms with Crippen LogP contribution >= 0.6 is 0 Å². The lowest BCUT2D eigenvalue weighted by molar-refractivity contribution is -0.128. The third-order valence-electron chi connectivity index (χ3n) is 5.82. The third kappa shape index (κ3) is 4.42. The van der Waals surface area contributed by atoms with E-state index in [1.165, 1.54) is 0 Å². The fourth-order valence-electron chi connectivity index (χ4n) is 4.17. The van der Waals surface area contributed by atoms with E-state index in [2.05, 4.69) is 11.0 Å². The first-order valence-electron chi connectivity index (χ1n) is 10.8. The van der Waals surface area contributed by atoms with Gasteiger partial charge in [-0.1, -0.05) is 24.3 Å². The Morgan fingerprint density at radius 1 is 0.967 bits per heavy atom. The van der Waals surface area contributed by atoms with E-state index in [9.17, 15) is 9.59 Å². The summed E-state index contributed by atoms with van der Waals surface area (Å²) in [5.41, 5.74) is 2.86. The predicted molar refractivity (Wildman–Crippen MR) is 117 cm³/mol. The number of carbonyl (C=O) groups is 2. The number of hydrogen-bond acceptors (Lipinski definition) is 4. The lowest BCUT2D eigenvalue weighted by Gasteiger charge is -2.36. The van der Waals surface area contributed by atoms with Crippen molar-refractivity contribution in [2.24, 2.45) is 0 Å². The van der Waals surface area contributed by atoms with Crippen LogP contribution in [-0.2, 0) is 11.3 Å². The van der Waals surface area contributed by atoms with E-state index in [4.69, 9.17) is 4.74 Å². The van der Waals surface area contributed by atoms with Gasteiger partial charge in [-0.05, 0) is 43.2 Å². The number of benzene rings is 2. The summed E-state index contributed by atoms with van der Waals surface area (Å²) in [4.78, 5) is 30.8. The third-order valence-corrected chi connectivity index (χ3v) is 5.82. The molecule has 2 aromatic rings. The molecule has 2 aliphatic heterocycles. The molecule has 0 unspecified atom stereocenters. The fraction of sp³-hybridized carbons (Fsp3) is 0.417. The number of anilines is 1. The molecule has 30 heavy (non-hydrogen) atoms. The van der Waals surface area contributed by atoms with Crippen LogP contribution < -0.4 is 9.64 Å². The zero-order valence-corrected chi connectivity index (χ0v) is 17.5. The van der Waals surface area contributed by atoms with Crippen molar-refractivity contribution in [3.8, 4) is 5.75 Å². The summed E-state index contributed by atoms with van der Waals surface area (Å²) in [7, 11) is 0. The average Bonchev–Trinajstić information content (AvgIpc) is 3.19. The Labute approximate surface area is 178 Å². The van der Waals surface area contributed by atoms with Gasteiger partial charge >= 0.3 is 0 Å². The molecule has 2 heterocycles. The van der Waals surface area contributed by atoms with Crippen LogP contribution in [0, 0.1) is 0 Å². The van der Waals surface area contributed by atoms with Crippen LogP contribution in [0.4, 0.5) is 5.69 Å². The second-order valence-electron chi connectivity index (χ2n) is 7.80. The van der Waals surface area contributed by atoms with Gasteiger partial charge in [0.25, 0.3) is 5.91 Å². The van der Waals surface area contributed by atoms with Crippen molar-refractivity contribution in [1.29, 1.82) is 0 Å². The Morgan fingerprint density at radius 2 is 1.70 bits per heavy atom. The molecule has 2 saturated heterocycles. The van der Waals surface area contributed by atoms with E-state index in [0.717, 1.165) is 43.1 Å². The van der Waals surface area contributed by atoms with Gasteiger partial charge in [-0.3, -0.25) is 9.59 Å². The van der Waals surface area contributed by atoms with Gasteiger partial charge in [-0.15, -0.1) is 0 Å². The number of carbonyl (C=O) groups excluding carboxylic acids is 2. The molecule has 0 N–H and O–H groups in total. The zero-order valence-electron chi connectivity index (χ0n) is 17.5. The van der Waals surface area contributed by atoms with Crippen LogP contribution in [0.15, 0.2) is 48.5 Å². The van der Waals surface area contributed by atoms with E-state index < -0.39 is 0 Å². The number of ether oxygens (including phenoxy) is 1. The summed E-state index contributed by atoms with van der Waals surface area (Å²) in [5, 5.41) is 0. The molecule has 2 aliphatic rings. The predicted octanol–water partition coefficient (Wildman–Crippen LogP) is 3.17. The summed E-state index contributed by atoms with van der Waals surface area (Å²) in [6.07, 6.45) is 1.59. The molecule has 2 aromatic carbocycles. The van der Waals surface area contributed by atoms with Crippen LogP contribution in [0.2, 0.25) is 0 Å². The van der Waals surface area contributed by atoms with Gasteiger partial charge in [0.1, 0.15) is 5.75 Å². The summed E-state index contributed by atoms with van der Waals surface area (Å²) < 4.78 is 5.75. The maximum Gasteiger partial charge on any atom is 0.253 e. The number of para-hydroxylation sites is 2. The monoisotopic (exact) mass is 407 g/mol.